The first-order valence-corrected chi connectivity index (χ1v) is 5.47. The van der Waals surface area contributed by atoms with Crippen LogP contribution in [0.5, 0.6) is 0 Å². The lowest BCUT2D eigenvalue weighted by atomic mass is 10.2. The van der Waals surface area contributed by atoms with Gasteiger partial charge in [0, 0.05) is 5.56 Å². The summed E-state index contributed by atoms with van der Waals surface area (Å²) in [4.78, 5) is 0. The van der Waals surface area contributed by atoms with Crippen molar-refractivity contribution in [3.8, 4) is 0 Å². The molecule has 4 heteroatoms. The van der Waals surface area contributed by atoms with Crippen LogP contribution in [-0.2, 0) is 0 Å². The molecule has 0 N–H and O–H groups in total. The van der Waals surface area contributed by atoms with E-state index < -0.39 is 0 Å². The summed E-state index contributed by atoms with van der Waals surface area (Å²) in [6.07, 6.45) is 1.59. The average Bonchev–Trinajstić information content (AvgIpc) is 2.04. The minimum absolute atomic E-state index is 0.318. The van der Waals surface area contributed by atoms with E-state index in [1.807, 2.05) is 0 Å². The van der Waals surface area contributed by atoms with Gasteiger partial charge in [0.1, 0.15) is 5.82 Å². The lowest BCUT2D eigenvalue weighted by molar-refractivity contribution is 0.625. The summed E-state index contributed by atoms with van der Waals surface area (Å²) >= 11 is 9.62. The molecule has 0 unspecified atom stereocenters. The highest BCUT2D eigenvalue weighted by molar-refractivity contribution is 8.69. The Morgan fingerprint density at radius 1 is 1.50 bits per heavy atom. The summed E-state index contributed by atoms with van der Waals surface area (Å²) in [6.45, 7) is 0. The molecule has 0 saturated carbocycles. The summed E-state index contributed by atoms with van der Waals surface area (Å²) in [5.41, 5.74) is 0.403. The molecule has 0 radical (unpaired) electrons. The molecule has 0 spiro atoms. The molecule has 64 valence electrons. The van der Waals surface area contributed by atoms with Crippen LogP contribution in [0.2, 0.25) is 5.02 Å². The van der Waals surface area contributed by atoms with Gasteiger partial charge in [-0.15, -0.1) is 11.7 Å². The van der Waals surface area contributed by atoms with Crippen LogP contribution < -0.4 is 0 Å². The number of hydrogen-bond acceptors (Lipinski definition) is 2. The van der Waals surface area contributed by atoms with Crippen LogP contribution in [0, 0.1) is 5.82 Å². The van der Waals surface area contributed by atoms with Crippen LogP contribution in [0.3, 0.4) is 0 Å². The highest BCUT2D eigenvalue weighted by Gasteiger charge is 2.01. The normalized spacial score (nSPS) is 10.9. The second-order valence-electron chi connectivity index (χ2n) is 2.04. The molecule has 0 aromatic heterocycles. The van der Waals surface area contributed by atoms with Gasteiger partial charge in [-0.25, -0.2) is 4.39 Å². The zero-order chi connectivity index (χ0) is 8.97. The molecule has 0 atom stereocenters. The Balaban J connectivity index is 3.04. The van der Waals surface area contributed by atoms with Crippen molar-refractivity contribution < 1.29 is 4.39 Å². The van der Waals surface area contributed by atoms with E-state index in [4.69, 9.17) is 11.6 Å². The van der Waals surface area contributed by atoms with Crippen molar-refractivity contribution >= 4 is 40.1 Å². The van der Waals surface area contributed by atoms with Gasteiger partial charge in [-0.3, -0.25) is 0 Å². The first-order chi connectivity index (χ1) is 5.75. The molecule has 0 saturated heterocycles. The Morgan fingerprint density at radius 3 is 2.83 bits per heavy atom. The lowest BCUT2D eigenvalue weighted by Gasteiger charge is -1.98. The molecule has 0 fully saturated rings. The molecule has 0 heterocycles. The number of halogens is 2. The van der Waals surface area contributed by atoms with Crippen molar-refractivity contribution in [3.05, 3.63) is 40.0 Å². The van der Waals surface area contributed by atoms with Gasteiger partial charge in [0.05, 0.1) is 5.02 Å². The van der Waals surface area contributed by atoms with Gasteiger partial charge in [0.2, 0.25) is 0 Å². The number of rotatable bonds is 2. The summed E-state index contributed by atoms with van der Waals surface area (Å²) in [6, 6.07) is 4.59. The third-order valence-electron chi connectivity index (χ3n) is 1.30. The summed E-state index contributed by atoms with van der Waals surface area (Å²) in [7, 11) is 1.20. The van der Waals surface area contributed by atoms with Crippen molar-refractivity contribution in [3.63, 3.8) is 0 Å². The monoisotopic (exact) mass is 220 g/mol. The third kappa shape index (κ3) is 2.44. The molecule has 0 aliphatic heterocycles. The van der Waals surface area contributed by atoms with E-state index in [0.29, 0.717) is 10.6 Å². The summed E-state index contributed by atoms with van der Waals surface area (Å²) in [5, 5.41) is 2.07. The van der Waals surface area contributed by atoms with Gasteiger partial charge >= 0.3 is 0 Å². The Kier molecular flexibility index (Phi) is 3.98. The first-order valence-electron chi connectivity index (χ1n) is 3.16. The zero-order valence-corrected chi connectivity index (χ0v) is 8.46. The molecular formula is C8H6ClFS2. The van der Waals surface area contributed by atoms with Crippen molar-refractivity contribution in [2.45, 2.75) is 0 Å². The fourth-order valence-electron chi connectivity index (χ4n) is 0.768. The van der Waals surface area contributed by atoms with Crippen LogP contribution in [0.4, 0.5) is 4.39 Å². The minimum Gasteiger partial charge on any atom is -0.206 e. The number of hydrogen-bond donors (Lipinski definition) is 1. The molecule has 12 heavy (non-hydrogen) atoms. The van der Waals surface area contributed by atoms with E-state index in [0.717, 1.165) is 0 Å². The molecule has 1 aromatic carbocycles. The number of thiol groups is 1. The van der Waals surface area contributed by atoms with Crippen LogP contribution in [0.15, 0.2) is 23.6 Å². The Morgan fingerprint density at radius 2 is 2.25 bits per heavy atom. The van der Waals surface area contributed by atoms with E-state index in [-0.39, 0.29) is 5.82 Å². The highest BCUT2D eigenvalue weighted by Crippen LogP contribution is 2.22. The van der Waals surface area contributed by atoms with Gasteiger partial charge in [0.25, 0.3) is 0 Å². The second kappa shape index (κ2) is 4.80. The van der Waals surface area contributed by atoms with Gasteiger partial charge in [-0.05, 0) is 23.6 Å². The Bertz CT molecular complexity index is 279. The van der Waals surface area contributed by atoms with Gasteiger partial charge in [-0.1, -0.05) is 28.5 Å². The molecule has 0 nitrogen and oxygen atoms in total. The second-order valence-corrected chi connectivity index (χ2v) is 3.57. The fourth-order valence-corrected chi connectivity index (χ4v) is 1.37. The Labute approximate surface area is 84.6 Å². The van der Waals surface area contributed by atoms with E-state index in [9.17, 15) is 4.39 Å². The van der Waals surface area contributed by atoms with Crippen LogP contribution in [0.1, 0.15) is 5.56 Å². The first kappa shape index (κ1) is 9.96. The summed E-state index contributed by atoms with van der Waals surface area (Å²) in [5.74, 6) is -0.318. The van der Waals surface area contributed by atoms with Crippen molar-refractivity contribution in [2.24, 2.45) is 0 Å². The molecule has 0 aliphatic carbocycles. The third-order valence-corrected chi connectivity index (χ3v) is 2.25. The fraction of sp³-hybridized carbons (Fsp3) is 0. The van der Waals surface area contributed by atoms with Crippen LogP contribution in [-0.4, -0.2) is 0 Å². The maximum Gasteiger partial charge on any atom is 0.131 e. The van der Waals surface area contributed by atoms with E-state index >= 15 is 0 Å². The molecule has 1 aromatic rings. The van der Waals surface area contributed by atoms with Gasteiger partial charge < -0.3 is 0 Å². The molecule has 0 bridgehead atoms. The SMILES string of the molecule is Fc1cccc(Cl)c1/C=C/SS. The zero-order valence-electron chi connectivity index (χ0n) is 6.00. The maximum atomic E-state index is 13.0. The smallest absolute Gasteiger partial charge is 0.131 e. The van der Waals surface area contributed by atoms with E-state index in [2.05, 4.69) is 11.7 Å². The van der Waals surface area contributed by atoms with Crippen LogP contribution >= 0.6 is 34.1 Å². The molecule has 0 aliphatic rings. The van der Waals surface area contributed by atoms with Crippen molar-refractivity contribution in [1.29, 1.82) is 0 Å². The van der Waals surface area contributed by atoms with Gasteiger partial charge in [-0.2, -0.15) is 0 Å². The van der Waals surface area contributed by atoms with Gasteiger partial charge in [0.15, 0.2) is 0 Å². The molecule has 0 amide bonds. The largest absolute Gasteiger partial charge is 0.206 e. The Hall–Kier alpha value is -0.120. The van der Waals surface area contributed by atoms with Crippen LogP contribution in [0.25, 0.3) is 6.08 Å². The molecule has 1 rings (SSSR count). The maximum absolute atomic E-state index is 13.0. The predicted octanol–water partition coefficient (Wildman–Crippen LogP) is 4.03. The lowest BCUT2D eigenvalue weighted by Crippen LogP contribution is -1.81. The van der Waals surface area contributed by atoms with Crippen molar-refractivity contribution in [1.82, 2.24) is 0 Å². The standard InChI is InChI=1S/C8H6ClFS2/c9-7-2-1-3-8(10)6(7)4-5-12-11/h1-5,11H/b5-4+. The average molecular weight is 221 g/mol. The highest BCUT2D eigenvalue weighted by atomic mass is 35.5. The van der Waals surface area contributed by atoms with E-state index in [1.54, 1.807) is 23.6 Å². The van der Waals surface area contributed by atoms with E-state index in [1.165, 1.54) is 16.9 Å². The topological polar surface area (TPSA) is 0 Å². The summed E-state index contributed by atoms with van der Waals surface area (Å²) < 4.78 is 13.0. The molecular weight excluding hydrogens is 215 g/mol. The number of benzene rings is 1. The predicted molar refractivity (Wildman–Crippen MR) is 57.0 cm³/mol. The minimum atomic E-state index is -0.318. The van der Waals surface area contributed by atoms with Crippen molar-refractivity contribution in [2.75, 3.05) is 0 Å². The quantitative estimate of drug-likeness (QED) is 0.580.